The summed E-state index contributed by atoms with van der Waals surface area (Å²) in [5.41, 5.74) is 1.18. The van der Waals surface area contributed by atoms with Crippen molar-refractivity contribution in [2.24, 2.45) is 0 Å². The summed E-state index contributed by atoms with van der Waals surface area (Å²) in [6, 6.07) is 4.72. The van der Waals surface area contributed by atoms with E-state index in [1.165, 1.54) is 18.4 Å². The van der Waals surface area contributed by atoms with Crippen LogP contribution in [-0.2, 0) is 11.3 Å². The topological polar surface area (TPSA) is 50.4 Å². The zero-order valence-electron chi connectivity index (χ0n) is 11.3. The monoisotopic (exact) mass is 404 g/mol. The molecule has 1 saturated carbocycles. The van der Waals surface area contributed by atoms with E-state index >= 15 is 0 Å². The lowest BCUT2D eigenvalue weighted by atomic mass is 10.2. The minimum absolute atomic E-state index is 0.0186. The van der Waals surface area contributed by atoms with Gasteiger partial charge in [-0.2, -0.15) is 0 Å². The third-order valence-corrected chi connectivity index (χ3v) is 4.13. The van der Waals surface area contributed by atoms with E-state index in [9.17, 15) is 4.79 Å². The lowest BCUT2D eigenvalue weighted by Crippen LogP contribution is -2.28. The highest BCUT2D eigenvalue weighted by atomic mass is 79.9. The molecule has 1 aromatic rings. The molecule has 20 heavy (non-hydrogen) atoms. The Morgan fingerprint density at radius 1 is 1.35 bits per heavy atom. The first-order chi connectivity index (χ1) is 9.60. The Bertz CT molecular complexity index is 467. The van der Waals surface area contributed by atoms with Crippen LogP contribution in [0, 0.1) is 0 Å². The molecule has 1 aliphatic carbocycles. The number of likely N-dealkylation sites (N-methyl/N-ethyl adjacent to an activating group) is 1. The second kappa shape index (κ2) is 7.43. The van der Waals surface area contributed by atoms with Gasteiger partial charge in [-0.15, -0.1) is 0 Å². The van der Waals surface area contributed by atoms with Gasteiger partial charge in [0.05, 0.1) is 8.95 Å². The fraction of sp³-hybridized carbons (Fsp3) is 0.500. The zero-order chi connectivity index (χ0) is 14.5. The summed E-state index contributed by atoms with van der Waals surface area (Å²) in [5, 5.41) is 6.17. The maximum atomic E-state index is 11.4. The van der Waals surface area contributed by atoms with Crippen LogP contribution in [0.15, 0.2) is 21.1 Å². The molecule has 1 aliphatic rings. The van der Waals surface area contributed by atoms with Crippen LogP contribution in [-0.4, -0.2) is 25.1 Å². The molecule has 0 unspecified atom stereocenters. The van der Waals surface area contributed by atoms with Crippen LogP contribution in [0.4, 0.5) is 0 Å². The standard InChI is InChI=1S/C14H18Br2N2O2/c1-2-17-13(19)8-20-14-11(15)5-9(6-12(14)16)7-18-10-3-4-10/h5-6,10,18H,2-4,7-8H2,1H3,(H,17,19). The van der Waals surface area contributed by atoms with E-state index in [0.717, 1.165) is 15.5 Å². The molecule has 0 aliphatic heterocycles. The van der Waals surface area contributed by atoms with Gasteiger partial charge in [0, 0.05) is 19.1 Å². The highest BCUT2D eigenvalue weighted by Gasteiger charge is 2.20. The molecule has 0 spiro atoms. The molecule has 0 saturated heterocycles. The van der Waals surface area contributed by atoms with Crippen molar-refractivity contribution in [1.29, 1.82) is 0 Å². The molecule has 2 rings (SSSR count). The van der Waals surface area contributed by atoms with E-state index in [0.29, 0.717) is 18.3 Å². The molecule has 1 aromatic carbocycles. The number of nitrogens with one attached hydrogen (secondary N) is 2. The van der Waals surface area contributed by atoms with Crippen LogP contribution >= 0.6 is 31.9 Å². The number of rotatable bonds is 7. The Kier molecular flexibility index (Phi) is 5.86. The van der Waals surface area contributed by atoms with Gasteiger partial charge in [0.2, 0.25) is 0 Å². The minimum atomic E-state index is -0.120. The van der Waals surface area contributed by atoms with Crippen molar-refractivity contribution in [3.05, 3.63) is 26.6 Å². The van der Waals surface area contributed by atoms with Gasteiger partial charge in [-0.25, -0.2) is 0 Å². The van der Waals surface area contributed by atoms with Crippen molar-refractivity contribution in [2.75, 3.05) is 13.2 Å². The molecule has 0 radical (unpaired) electrons. The molecular weight excluding hydrogens is 388 g/mol. The molecule has 110 valence electrons. The number of hydrogen-bond acceptors (Lipinski definition) is 3. The summed E-state index contributed by atoms with van der Waals surface area (Å²) in [5.74, 6) is 0.539. The largest absolute Gasteiger partial charge is 0.481 e. The third-order valence-electron chi connectivity index (χ3n) is 2.95. The molecule has 0 atom stereocenters. The molecule has 4 nitrogen and oxygen atoms in total. The number of carbonyl (C=O) groups is 1. The summed E-state index contributed by atoms with van der Waals surface area (Å²) < 4.78 is 7.25. The van der Waals surface area contributed by atoms with Crippen molar-refractivity contribution < 1.29 is 9.53 Å². The minimum Gasteiger partial charge on any atom is -0.481 e. The predicted molar refractivity (Wildman–Crippen MR) is 85.9 cm³/mol. The van der Waals surface area contributed by atoms with Gasteiger partial charge in [0.15, 0.2) is 6.61 Å². The zero-order valence-corrected chi connectivity index (χ0v) is 14.5. The van der Waals surface area contributed by atoms with E-state index in [2.05, 4.69) is 42.5 Å². The van der Waals surface area contributed by atoms with Gasteiger partial charge in [-0.3, -0.25) is 4.79 Å². The number of hydrogen-bond donors (Lipinski definition) is 2. The Morgan fingerprint density at radius 3 is 2.55 bits per heavy atom. The maximum Gasteiger partial charge on any atom is 0.257 e. The summed E-state index contributed by atoms with van der Waals surface area (Å²) in [4.78, 5) is 11.4. The lowest BCUT2D eigenvalue weighted by molar-refractivity contribution is -0.123. The molecule has 6 heteroatoms. The Morgan fingerprint density at radius 2 is 2.00 bits per heavy atom. The molecule has 1 fully saturated rings. The summed E-state index contributed by atoms with van der Waals surface area (Å²) in [6.45, 7) is 3.35. The van der Waals surface area contributed by atoms with E-state index < -0.39 is 0 Å². The number of benzene rings is 1. The van der Waals surface area contributed by atoms with Crippen molar-refractivity contribution in [3.63, 3.8) is 0 Å². The SMILES string of the molecule is CCNC(=O)COc1c(Br)cc(CNC2CC2)cc1Br. The molecule has 1 amide bonds. The number of ether oxygens (including phenoxy) is 1. The highest BCUT2D eigenvalue weighted by Crippen LogP contribution is 2.35. The van der Waals surface area contributed by atoms with Crippen molar-refractivity contribution >= 4 is 37.8 Å². The molecule has 0 aromatic heterocycles. The Hall–Kier alpha value is -0.590. The first kappa shape index (κ1) is 15.8. The van der Waals surface area contributed by atoms with E-state index in [1.54, 1.807) is 0 Å². The molecule has 2 N–H and O–H groups in total. The molecule has 0 heterocycles. The third kappa shape index (κ3) is 4.75. The van der Waals surface area contributed by atoms with Gasteiger partial charge in [-0.05, 0) is 69.3 Å². The maximum absolute atomic E-state index is 11.4. The van der Waals surface area contributed by atoms with E-state index in [-0.39, 0.29) is 12.5 Å². The van der Waals surface area contributed by atoms with Crippen LogP contribution in [0.25, 0.3) is 0 Å². The van der Waals surface area contributed by atoms with Crippen molar-refractivity contribution in [3.8, 4) is 5.75 Å². The van der Waals surface area contributed by atoms with Gasteiger partial charge in [0.25, 0.3) is 5.91 Å². The van der Waals surface area contributed by atoms with Crippen LogP contribution in [0.2, 0.25) is 0 Å². The van der Waals surface area contributed by atoms with Gasteiger partial charge in [-0.1, -0.05) is 0 Å². The van der Waals surface area contributed by atoms with Crippen LogP contribution in [0.3, 0.4) is 0 Å². The van der Waals surface area contributed by atoms with Gasteiger partial charge < -0.3 is 15.4 Å². The first-order valence-electron chi connectivity index (χ1n) is 6.71. The van der Waals surface area contributed by atoms with Crippen molar-refractivity contribution in [2.45, 2.75) is 32.4 Å². The van der Waals surface area contributed by atoms with Crippen LogP contribution < -0.4 is 15.4 Å². The van der Waals surface area contributed by atoms with Crippen LogP contribution in [0.5, 0.6) is 5.75 Å². The van der Waals surface area contributed by atoms with Crippen LogP contribution in [0.1, 0.15) is 25.3 Å². The predicted octanol–water partition coefficient (Wildman–Crippen LogP) is 2.98. The fourth-order valence-corrected chi connectivity index (χ4v) is 3.30. The second-order valence-corrected chi connectivity index (χ2v) is 6.49. The second-order valence-electron chi connectivity index (χ2n) is 4.79. The number of carbonyl (C=O) groups excluding carboxylic acids is 1. The summed E-state index contributed by atoms with van der Waals surface area (Å²) in [7, 11) is 0. The molecular formula is C14H18Br2N2O2. The van der Waals surface area contributed by atoms with Gasteiger partial charge in [0.1, 0.15) is 5.75 Å². The first-order valence-corrected chi connectivity index (χ1v) is 8.29. The number of amides is 1. The van der Waals surface area contributed by atoms with Gasteiger partial charge >= 0.3 is 0 Å². The number of halogens is 2. The average Bonchev–Trinajstić information content (AvgIpc) is 3.19. The summed E-state index contributed by atoms with van der Waals surface area (Å²) in [6.07, 6.45) is 2.55. The smallest absolute Gasteiger partial charge is 0.257 e. The summed E-state index contributed by atoms with van der Waals surface area (Å²) >= 11 is 6.99. The lowest BCUT2D eigenvalue weighted by Gasteiger charge is -2.12. The quantitative estimate of drug-likeness (QED) is 0.733. The van der Waals surface area contributed by atoms with E-state index in [1.807, 2.05) is 19.1 Å². The average molecular weight is 406 g/mol. The van der Waals surface area contributed by atoms with Crippen molar-refractivity contribution in [1.82, 2.24) is 10.6 Å². The normalized spacial score (nSPS) is 14.2. The fourth-order valence-electron chi connectivity index (χ4n) is 1.79. The Balaban J connectivity index is 1.96. The highest BCUT2D eigenvalue weighted by molar-refractivity contribution is 9.11. The van der Waals surface area contributed by atoms with E-state index in [4.69, 9.17) is 4.74 Å². The Labute approximate surface area is 135 Å². The molecule has 0 bridgehead atoms.